The molecular formula is C13H11BrClNO2S2. The average molecular weight is 393 g/mol. The van der Waals surface area contributed by atoms with Gasteiger partial charge < -0.3 is 0 Å². The number of rotatable bonds is 4. The van der Waals surface area contributed by atoms with Gasteiger partial charge in [-0.05, 0) is 42.7 Å². The molecule has 1 heterocycles. The summed E-state index contributed by atoms with van der Waals surface area (Å²) in [5, 5.41) is 0. The van der Waals surface area contributed by atoms with Crippen LogP contribution in [0.1, 0.15) is 18.4 Å². The Bertz CT molecular complexity index is 736. The van der Waals surface area contributed by atoms with E-state index < -0.39 is 15.6 Å². The van der Waals surface area contributed by atoms with Gasteiger partial charge in [-0.3, -0.25) is 0 Å². The van der Waals surface area contributed by atoms with Gasteiger partial charge in [-0.15, -0.1) is 11.3 Å². The van der Waals surface area contributed by atoms with Gasteiger partial charge in [0.05, 0.1) is 9.88 Å². The standard InChI is InChI=1S/C13H11BrClNO2S2/c14-10-3-1-9(2-4-10)13(7-8-13)16-20(17,18)12-6-5-11(15)19-12/h1-6,16H,7-8H2. The summed E-state index contributed by atoms with van der Waals surface area (Å²) in [6.07, 6.45) is 1.62. The van der Waals surface area contributed by atoms with E-state index in [9.17, 15) is 8.42 Å². The maximum absolute atomic E-state index is 12.4. The molecular weight excluding hydrogens is 382 g/mol. The lowest BCUT2D eigenvalue weighted by Crippen LogP contribution is -2.34. The summed E-state index contributed by atoms with van der Waals surface area (Å²) >= 11 is 10.3. The second-order valence-corrected chi connectivity index (χ2v) is 9.29. The summed E-state index contributed by atoms with van der Waals surface area (Å²) in [6, 6.07) is 10.9. The van der Waals surface area contributed by atoms with Crippen LogP contribution < -0.4 is 4.72 Å². The molecule has 20 heavy (non-hydrogen) atoms. The molecule has 0 amide bonds. The van der Waals surface area contributed by atoms with E-state index in [1.54, 1.807) is 6.07 Å². The summed E-state index contributed by atoms with van der Waals surface area (Å²) in [7, 11) is -3.52. The summed E-state index contributed by atoms with van der Waals surface area (Å²) < 4.78 is 29.3. The lowest BCUT2D eigenvalue weighted by atomic mass is 10.1. The molecule has 1 saturated carbocycles. The number of sulfonamides is 1. The van der Waals surface area contributed by atoms with E-state index >= 15 is 0 Å². The second kappa shape index (κ2) is 5.10. The topological polar surface area (TPSA) is 46.2 Å². The van der Waals surface area contributed by atoms with Crippen LogP contribution in [-0.2, 0) is 15.6 Å². The van der Waals surface area contributed by atoms with Crippen LogP contribution in [0.3, 0.4) is 0 Å². The smallest absolute Gasteiger partial charge is 0.206 e. The zero-order valence-electron chi connectivity index (χ0n) is 10.3. The Kier molecular flexibility index (Phi) is 3.71. The van der Waals surface area contributed by atoms with Crippen LogP contribution in [0.4, 0.5) is 0 Å². The minimum Gasteiger partial charge on any atom is -0.206 e. The van der Waals surface area contributed by atoms with E-state index in [2.05, 4.69) is 20.7 Å². The van der Waals surface area contributed by atoms with Crippen LogP contribution in [0, 0.1) is 0 Å². The first kappa shape index (κ1) is 14.5. The Morgan fingerprint density at radius 2 is 1.80 bits per heavy atom. The third kappa shape index (κ3) is 2.80. The fourth-order valence-electron chi connectivity index (χ4n) is 2.09. The quantitative estimate of drug-likeness (QED) is 0.850. The van der Waals surface area contributed by atoms with Crippen LogP contribution >= 0.6 is 38.9 Å². The van der Waals surface area contributed by atoms with Gasteiger partial charge in [0.2, 0.25) is 0 Å². The summed E-state index contributed by atoms with van der Waals surface area (Å²) in [5.41, 5.74) is 0.530. The highest BCUT2D eigenvalue weighted by molar-refractivity contribution is 9.10. The maximum atomic E-state index is 12.4. The molecule has 1 aliphatic rings. The van der Waals surface area contributed by atoms with Crippen LogP contribution in [-0.4, -0.2) is 8.42 Å². The number of benzene rings is 1. The molecule has 3 nitrogen and oxygen atoms in total. The SMILES string of the molecule is O=S(=O)(NC1(c2ccc(Br)cc2)CC1)c1ccc(Cl)s1. The van der Waals surface area contributed by atoms with Crippen molar-refractivity contribution in [3.63, 3.8) is 0 Å². The van der Waals surface area contributed by atoms with Crippen molar-refractivity contribution in [3.8, 4) is 0 Å². The van der Waals surface area contributed by atoms with E-state index in [4.69, 9.17) is 11.6 Å². The Morgan fingerprint density at radius 3 is 2.30 bits per heavy atom. The van der Waals surface area contributed by atoms with Crippen molar-refractivity contribution >= 4 is 48.9 Å². The van der Waals surface area contributed by atoms with Crippen molar-refractivity contribution in [3.05, 3.63) is 50.8 Å². The first-order valence-corrected chi connectivity index (χ1v) is 9.44. The highest BCUT2D eigenvalue weighted by Crippen LogP contribution is 2.47. The van der Waals surface area contributed by atoms with Gasteiger partial charge in [0.25, 0.3) is 10.0 Å². The molecule has 0 aliphatic heterocycles. The minimum absolute atomic E-state index is 0.255. The monoisotopic (exact) mass is 391 g/mol. The van der Waals surface area contributed by atoms with Crippen molar-refractivity contribution in [1.82, 2.24) is 4.72 Å². The van der Waals surface area contributed by atoms with Crippen molar-refractivity contribution in [2.24, 2.45) is 0 Å². The highest BCUT2D eigenvalue weighted by Gasteiger charge is 2.47. The van der Waals surface area contributed by atoms with Crippen molar-refractivity contribution in [2.45, 2.75) is 22.6 Å². The van der Waals surface area contributed by atoms with Crippen LogP contribution in [0.5, 0.6) is 0 Å². The van der Waals surface area contributed by atoms with Crippen LogP contribution in [0.2, 0.25) is 4.34 Å². The van der Waals surface area contributed by atoms with Crippen molar-refractivity contribution < 1.29 is 8.42 Å². The minimum atomic E-state index is -3.52. The first-order chi connectivity index (χ1) is 9.41. The van der Waals surface area contributed by atoms with Crippen molar-refractivity contribution in [2.75, 3.05) is 0 Å². The molecule has 0 radical (unpaired) electrons. The number of halogens is 2. The lowest BCUT2D eigenvalue weighted by molar-refractivity contribution is 0.553. The van der Waals surface area contributed by atoms with Gasteiger partial charge in [0.1, 0.15) is 4.21 Å². The maximum Gasteiger partial charge on any atom is 0.250 e. The fraction of sp³-hybridized carbons (Fsp3) is 0.231. The summed E-state index contributed by atoms with van der Waals surface area (Å²) in [4.78, 5) is 0. The molecule has 1 aliphatic carbocycles. The number of hydrogen-bond donors (Lipinski definition) is 1. The van der Waals surface area contributed by atoms with E-state index in [-0.39, 0.29) is 4.21 Å². The third-order valence-electron chi connectivity index (χ3n) is 3.29. The largest absolute Gasteiger partial charge is 0.250 e. The van der Waals surface area contributed by atoms with E-state index in [0.717, 1.165) is 34.2 Å². The van der Waals surface area contributed by atoms with Gasteiger partial charge in [-0.25, -0.2) is 8.42 Å². The molecule has 1 aromatic heterocycles. The predicted molar refractivity (Wildman–Crippen MR) is 84.7 cm³/mol. The van der Waals surface area contributed by atoms with E-state index in [0.29, 0.717) is 4.34 Å². The molecule has 7 heteroatoms. The van der Waals surface area contributed by atoms with E-state index in [1.807, 2.05) is 24.3 Å². The normalized spacial score (nSPS) is 17.1. The number of hydrogen-bond acceptors (Lipinski definition) is 3. The van der Waals surface area contributed by atoms with Crippen molar-refractivity contribution in [1.29, 1.82) is 0 Å². The molecule has 0 saturated heterocycles. The molecule has 106 valence electrons. The molecule has 0 unspecified atom stereocenters. The third-order valence-corrected chi connectivity index (χ3v) is 7.08. The first-order valence-electron chi connectivity index (χ1n) is 5.97. The highest BCUT2D eigenvalue weighted by atomic mass is 79.9. The molecule has 0 spiro atoms. The molecule has 1 aromatic carbocycles. The molecule has 2 aromatic rings. The van der Waals surface area contributed by atoms with Gasteiger partial charge in [0, 0.05) is 4.47 Å². The van der Waals surface area contributed by atoms with Gasteiger partial charge in [0.15, 0.2) is 0 Å². The van der Waals surface area contributed by atoms with Crippen LogP contribution in [0.15, 0.2) is 45.1 Å². The lowest BCUT2D eigenvalue weighted by Gasteiger charge is -2.17. The number of nitrogens with one attached hydrogen (secondary N) is 1. The molecule has 3 rings (SSSR count). The fourth-order valence-corrected chi connectivity index (χ4v) is 5.29. The van der Waals surface area contributed by atoms with Crippen LogP contribution in [0.25, 0.3) is 0 Å². The van der Waals surface area contributed by atoms with E-state index in [1.165, 1.54) is 6.07 Å². The Labute approximate surface area is 135 Å². The Balaban J connectivity index is 1.89. The van der Waals surface area contributed by atoms with Gasteiger partial charge >= 0.3 is 0 Å². The molecule has 1 N–H and O–H groups in total. The Morgan fingerprint density at radius 1 is 1.15 bits per heavy atom. The predicted octanol–water partition coefficient (Wildman–Crippen LogP) is 4.13. The van der Waals surface area contributed by atoms with Gasteiger partial charge in [-0.2, -0.15) is 4.72 Å². The molecule has 0 bridgehead atoms. The average Bonchev–Trinajstić information content (AvgIpc) is 3.01. The number of thiophene rings is 1. The van der Waals surface area contributed by atoms with Gasteiger partial charge in [-0.1, -0.05) is 39.7 Å². The second-order valence-electron chi connectivity index (χ2n) is 4.75. The summed E-state index contributed by atoms with van der Waals surface area (Å²) in [5.74, 6) is 0. The zero-order chi connectivity index (χ0) is 14.4. The summed E-state index contributed by atoms with van der Waals surface area (Å²) in [6.45, 7) is 0. The molecule has 0 atom stereocenters. The molecule has 1 fully saturated rings. The zero-order valence-corrected chi connectivity index (χ0v) is 14.2. The Hall–Kier alpha value is -0.400.